The van der Waals surface area contributed by atoms with Crippen LogP contribution in [0.3, 0.4) is 0 Å². The molecule has 1 aliphatic carbocycles. The van der Waals surface area contributed by atoms with Gasteiger partial charge in [-0.2, -0.15) is 17.0 Å². The van der Waals surface area contributed by atoms with E-state index in [4.69, 9.17) is 5.73 Å². The van der Waals surface area contributed by atoms with Gasteiger partial charge in [0.25, 0.3) is 10.2 Å². The van der Waals surface area contributed by atoms with Crippen LogP contribution in [0.2, 0.25) is 0 Å². The molecule has 2 aliphatic rings. The maximum atomic E-state index is 12.8. The number of rotatable bonds is 4. The Balaban J connectivity index is 2.04. The molecule has 2 unspecified atom stereocenters. The molecule has 1 saturated carbocycles. The predicted octanol–water partition coefficient (Wildman–Crippen LogP) is 1.55. The van der Waals surface area contributed by atoms with Crippen molar-refractivity contribution < 1.29 is 8.42 Å². The highest BCUT2D eigenvalue weighted by Gasteiger charge is 2.36. The van der Waals surface area contributed by atoms with E-state index < -0.39 is 10.2 Å². The molecule has 1 heterocycles. The topological polar surface area (TPSA) is 66.6 Å². The molecule has 118 valence electrons. The summed E-state index contributed by atoms with van der Waals surface area (Å²) in [6.07, 6.45) is 7.49. The van der Waals surface area contributed by atoms with Crippen LogP contribution in [-0.2, 0) is 10.2 Å². The second-order valence-corrected chi connectivity index (χ2v) is 8.42. The molecular weight excluding hydrogens is 274 g/mol. The number of hydrogen-bond donors (Lipinski definition) is 1. The van der Waals surface area contributed by atoms with E-state index in [-0.39, 0.29) is 12.1 Å². The predicted molar refractivity (Wildman–Crippen MR) is 81.5 cm³/mol. The van der Waals surface area contributed by atoms with Crippen LogP contribution in [0, 0.1) is 5.92 Å². The molecule has 5 nitrogen and oxygen atoms in total. The Hall–Kier alpha value is -0.170. The van der Waals surface area contributed by atoms with Gasteiger partial charge in [0, 0.05) is 32.2 Å². The lowest BCUT2D eigenvalue weighted by atomic mass is 9.93. The van der Waals surface area contributed by atoms with Gasteiger partial charge in [-0.1, -0.05) is 19.3 Å². The third kappa shape index (κ3) is 3.53. The summed E-state index contributed by atoms with van der Waals surface area (Å²) in [6, 6.07) is 0.248. The molecule has 2 rings (SSSR count). The molecule has 0 aromatic carbocycles. The molecule has 2 atom stereocenters. The van der Waals surface area contributed by atoms with E-state index in [0.717, 1.165) is 38.5 Å². The Morgan fingerprint density at radius 1 is 1.15 bits per heavy atom. The van der Waals surface area contributed by atoms with Crippen molar-refractivity contribution in [2.24, 2.45) is 11.7 Å². The van der Waals surface area contributed by atoms with Crippen LogP contribution in [0.4, 0.5) is 0 Å². The fourth-order valence-electron chi connectivity index (χ4n) is 3.43. The Bertz CT molecular complexity index is 405. The molecule has 1 aliphatic heterocycles. The zero-order valence-corrected chi connectivity index (χ0v) is 13.6. The van der Waals surface area contributed by atoms with Gasteiger partial charge in [-0.3, -0.25) is 0 Å². The molecule has 0 aromatic rings. The maximum absolute atomic E-state index is 12.8. The molecule has 0 amide bonds. The zero-order chi connectivity index (χ0) is 14.8. The fourth-order valence-corrected chi connectivity index (χ4v) is 5.12. The van der Waals surface area contributed by atoms with E-state index in [1.807, 2.05) is 6.92 Å². The SMILES string of the molecule is CC(N)C1CCCN(S(=O)(=O)N(C)C2CCCCC2)C1. The first kappa shape index (κ1) is 16.2. The minimum Gasteiger partial charge on any atom is -0.328 e. The van der Waals surface area contributed by atoms with E-state index in [9.17, 15) is 8.42 Å². The molecule has 20 heavy (non-hydrogen) atoms. The van der Waals surface area contributed by atoms with Gasteiger partial charge in [0.05, 0.1) is 0 Å². The van der Waals surface area contributed by atoms with Crippen molar-refractivity contribution in [3.63, 3.8) is 0 Å². The minimum atomic E-state index is -3.32. The number of piperidine rings is 1. The van der Waals surface area contributed by atoms with Crippen LogP contribution in [0.15, 0.2) is 0 Å². The van der Waals surface area contributed by atoms with Gasteiger partial charge in [0.1, 0.15) is 0 Å². The summed E-state index contributed by atoms with van der Waals surface area (Å²) in [4.78, 5) is 0. The van der Waals surface area contributed by atoms with E-state index in [2.05, 4.69) is 0 Å². The van der Waals surface area contributed by atoms with Gasteiger partial charge in [0.2, 0.25) is 0 Å². The largest absolute Gasteiger partial charge is 0.328 e. The Labute approximate surface area is 123 Å². The summed E-state index contributed by atoms with van der Waals surface area (Å²) < 4.78 is 28.8. The van der Waals surface area contributed by atoms with Crippen LogP contribution < -0.4 is 5.73 Å². The average molecular weight is 303 g/mol. The lowest BCUT2D eigenvalue weighted by Crippen LogP contribution is -2.52. The van der Waals surface area contributed by atoms with Crippen molar-refractivity contribution in [2.75, 3.05) is 20.1 Å². The maximum Gasteiger partial charge on any atom is 0.281 e. The Morgan fingerprint density at radius 2 is 1.80 bits per heavy atom. The van der Waals surface area contributed by atoms with Crippen LogP contribution in [0.25, 0.3) is 0 Å². The molecular formula is C14H29N3O2S. The summed E-state index contributed by atoms with van der Waals surface area (Å²) in [5.41, 5.74) is 5.96. The molecule has 6 heteroatoms. The molecule has 0 spiro atoms. The van der Waals surface area contributed by atoms with Gasteiger partial charge >= 0.3 is 0 Å². The first-order valence-corrected chi connectivity index (χ1v) is 9.31. The first-order chi connectivity index (χ1) is 9.43. The van der Waals surface area contributed by atoms with Crippen molar-refractivity contribution in [1.29, 1.82) is 0 Å². The normalized spacial score (nSPS) is 28.7. The molecule has 0 radical (unpaired) electrons. The first-order valence-electron chi connectivity index (χ1n) is 7.91. The second-order valence-electron chi connectivity index (χ2n) is 6.44. The average Bonchev–Trinajstić information content (AvgIpc) is 2.47. The smallest absolute Gasteiger partial charge is 0.281 e. The van der Waals surface area contributed by atoms with Gasteiger partial charge in [-0.25, -0.2) is 0 Å². The van der Waals surface area contributed by atoms with Crippen molar-refractivity contribution in [3.05, 3.63) is 0 Å². The molecule has 1 saturated heterocycles. The summed E-state index contributed by atoms with van der Waals surface area (Å²) in [5.74, 6) is 0.290. The number of hydrogen-bond acceptors (Lipinski definition) is 3. The van der Waals surface area contributed by atoms with Crippen LogP contribution in [0.5, 0.6) is 0 Å². The van der Waals surface area contributed by atoms with E-state index in [0.29, 0.717) is 19.0 Å². The zero-order valence-electron chi connectivity index (χ0n) is 12.8. The quantitative estimate of drug-likeness (QED) is 0.857. The van der Waals surface area contributed by atoms with Crippen molar-refractivity contribution in [3.8, 4) is 0 Å². The number of nitrogens with two attached hydrogens (primary N) is 1. The Morgan fingerprint density at radius 3 is 2.40 bits per heavy atom. The minimum absolute atomic E-state index is 0.0630. The summed E-state index contributed by atoms with van der Waals surface area (Å²) in [5, 5.41) is 0. The standard InChI is InChI=1S/C14H29N3O2S/c1-12(15)13-7-6-10-17(11-13)20(18,19)16(2)14-8-4-3-5-9-14/h12-14H,3-11,15H2,1-2H3. The molecule has 0 aromatic heterocycles. The van der Waals surface area contributed by atoms with Gasteiger partial charge in [-0.05, 0) is 38.5 Å². The van der Waals surface area contributed by atoms with E-state index in [1.165, 1.54) is 6.42 Å². The van der Waals surface area contributed by atoms with Gasteiger partial charge in [-0.15, -0.1) is 0 Å². The Kier molecular flexibility index (Phi) is 5.45. The van der Waals surface area contributed by atoms with Gasteiger partial charge in [0.15, 0.2) is 0 Å². The summed E-state index contributed by atoms with van der Waals surface area (Å²) >= 11 is 0. The monoisotopic (exact) mass is 303 g/mol. The molecule has 0 bridgehead atoms. The van der Waals surface area contributed by atoms with E-state index >= 15 is 0 Å². The van der Waals surface area contributed by atoms with Crippen molar-refractivity contribution in [1.82, 2.24) is 8.61 Å². The summed E-state index contributed by atoms with van der Waals surface area (Å²) in [6.45, 7) is 3.20. The summed E-state index contributed by atoms with van der Waals surface area (Å²) in [7, 11) is -1.57. The van der Waals surface area contributed by atoms with E-state index in [1.54, 1.807) is 15.7 Å². The lowest BCUT2D eigenvalue weighted by Gasteiger charge is -2.38. The third-order valence-electron chi connectivity index (χ3n) is 4.94. The molecule has 2 N–H and O–H groups in total. The highest BCUT2D eigenvalue weighted by Crippen LogP contribution is 2.27. The molecule has 2 fully saturated rings. The third-order valence-corrected chi connectivity index (χ3v) is 6.95. The van der Waals surface area contributed by atoms with Gasteiger partial charge < -0.3 is 5.73 Å². The second kappa shape index (κ2) is 6.73. The number of nitrogens with zero attached hydrogens (tertiary/aromatic N) is 2. The fraction of sp³-hybridized carbons (Fsp3) is 1.00. The lowest BCUT2D eigenvalue weighted by molar-refractivity contribution is 0.213. The van der Waals surface area contributed by atoms with Crippen molar-refractivity contribution in [2.45, 2.75) is 64.0 Å². The van der Waals surface area contributed by atoms with Crippen LogP contribution in [-0.4, -0.2) is 49.2 Å². The van der Waals surface area contributed by atoms with Crippen molar-refractivity contribution >= 4 is 10.2 Å². The van der Waals surface area contributed by atoms with Crippen LogP contribution in [0.1, 0.15) is 51.9 Å². The highest BCUT2D eigenvalue weighted by atomic mass is 32.2. The highest BCUT2D eigenvalue weighted by molar-refractivity contribution is 7.86. The van der Waals surface area contributed by atoms with Crippen LogP contribution >= 0.6 is 0 Å².